The van der Waals surface area contributed by atoms with Gasteiger partial charge in [0.2, 0.25) is 0 Å². The van der Waals surface area contributed by atoms with Crippen LogP contribution in [0.3, 0.4) is 0 Å². The van der Waals surface area contributed by atoms with Crippen LogP contribution in [0.1, 0.15) is 26.3 Å². The van der Waals surface area contributed by atoms with Crippen molar-refractivity contribution in [3.8, 4) is 0 Å². The summed E-state index contributed by atoms with van der Waals surface area (Å²) in [5.74, 6) is -1.35. The van der Waals surface area contributed by atoms with E-state index in [9.17, 15) is 9.59 Å². The predicted octanol–water partition coefficient (Wildman–Crippen LogP) is 3.01. The van der Waals surface area contributed by atoms with Gasteiger partial charge in [0, 0.05) is 5.56 Å². The van der Waals surface area contributed by atoms with E-state index in [1.807, 2.05) is 19.1 Å². The molecule has 0 fully saturated rings. The molecule has 0 aliphatic heterocycles. The number of benzene rings is 1. The molecule has 0 radical (unpaired) electrons. The maximum atomic E-state index is 11.9. The quantitative estimate of drug-likeness (QED) is 0.892. The lowest BCUT2D eigenvalue weighted by Crippen LogP contribution is -2.13. The number of carboxylic acid groups (broad SMARTS) is 1. The highest BCUT2D eigenvalue weighted by Gasteiger charge is 2.14. The van der Waals surface area contributed by atoms with E-state index in [-0.39, 0.29) is 11.5 Å². The summed E-state index contributed by atoms with van der Waals surface area (Å²) in [4.78, 5) is 22.8. The van der Waals surface area contributed by atoms with Crippen molar-refractivity contribution < 1.29 is 14.7 Å². The average Bonchev–Trinajstić information content (AvgIpc) is 2.78. The molecule has 2 rings (SSSR count). The number of aromatic carboxylic acids is 1. The highest BCUT2D eigenvalue weighted by molar-refractivity contribution is 7.14. The Morgan fingerprint density at radius 3 is 2.44 bits per heavy atom. The summed E-state index contributed by atoms with van der Waals surface area (Å²) >= 11 is 1.19. The molecule has 0 atom stereocenters. The molecule has 1 amide bonds. The molecule has 1 heterocycles. The van der Waals surface area contributed by atoms with Crippen LogP contribution in [0.25, 0.3) is 0 Å². The van der Waals surface area contributed by atoms with Crippen LogP contribution >= 0.6 is 11.3 Å². The molecule has 0 aliphatic rings. The van der Waals surface area contributed by atoms with Crippen molar-refractivity contribution >= 4 is 28.2 Å². The zero-order chi connectivity index (χ0) is 13.1. The lowest BCUT2D eigenvalue weighted by molar-refractivity contribution is 0.0698. The van der Waals surface area contributed by atoms with Crippen LogP contribution in [0.2, 0.25) is 0 Å². The highest BCUT2D eigenvalue weighted by Crippen LogP contribution is 2.23. The monoisotopic (exact) mass is 261 g/mol. The first-order valence-corrected chi connectivity index (χ1v) is 6.14. The third-order valence-corrected chi connectivity index (χ3v) is 3.27. The summed E-state index contributed by atoms with van der Waals surface area (Å²) in [7, 11) is 0. The molecule has 2 N–H and O–H groups in total. The van der Waals surface area contributed by atoms with Crippen molar-refractivity contribution in [1.82, 2.24) is 0 Å². The number of thiophene rings is 1. The molecular weight excluding hydrogens is 250 g/mol. The van der Waals surface area contributed by atoms with Crippen molar-refractivity contribution in [1.29, 1.82) is 0 Å². The summed E-state index contributed by atoms with van der Waals surface area (Å²) in [5, 5.41) is 13.5. The third-order valence-electron chi connectivity index (χ3n) is 2.44. The number of rotatable bonds is 3. The van der Waals surface area contributed by atoms with Crippen LogP contribution in [0, 0.1) is 6.92 Å². The Morgan fingerprint density at radius 2 is 1.83 bits per heavy atom. The lowest BCUT2D eigenvalue weighted by Gasteiger charge is -2.04. The van der Waals surface area contributed by atoms with Gasteiger partial charge in [-0.2, -0.15) is 0 Å². The van der Waals surface area contributed by atoms with Crippen molar-refractivity contribution in [3.63, 3.8) is 0 Å². The largest absolute Gasteiger partial charge is 0.478 e. The Kier molecular flexibility index (Phi) is 3.43. The van der Waals surface area contributed by atoms with Crippen LogP contribution in [0.5, 0.6) is 0 Å². The topological polar surface area (TPSA) is 66.4 Å². The van der Waals surface area contributed by atoms with Crippen molar-refractivity contribution in [2.75, 3.05) is 5.32 Å². The Labute approximate surface area is 108 Å². The SMILES string of the molecule is Cc1ccc(C(=O)Nc2sccc2C(=O)O)cc1. The summed E-state index contributed by atoms with van der Waals surface area (Å²) in [6.45, 7) is 1.93. The number of nitrogens with one attached hydrogen (secondary N) is 1. The number of hydrogen-bond donors (Lipinski definition) is 2. The summed E-state index contributed by atoms with van der Waals surface area (Å²) in [5.41, 5.74) is 1.68. The maximum Gasteiger partial charge on any atom is 0.338 e. The average molecular weight is 261 g/mol. The van der Waals surface area contributed by atoms with Gasteiger partial charge in [0.1, 0.15) is 5.00 Å². The molecule has 0 spiro atoms. The van der Waals surface area contributed by atoms with Gasteiger partial charge in [-0.25, -0.2) is 4.79 Å². The number of carboxylic acids is 1. The Hall–Kier alpha value is -2.14. The van der Waals surface area contributed by atoms with Crippen LogP contribution in [0.15, 0.2) is 35.7 Å². The number of amides is 1. The first-order valence-electron chi connectivity index (χ1n) is 5.27. The lowest BCUT2D eigenvalue weighted by atomic mass is 10.1. The van der Waals surface area contributed by atoms with Gasteiger partial charge in [0.05, 0.1) is 5.56 Å². The van der Waals surface area contributed by atoms with E-state index in [0.717, 1.165) is 5.56 Å². The van der Waals surface area contributed by atoms with Gasteiger partial charge in [0.25, 0.3) is 5.91 Å². The molecule has 4 nitrogen and oxygen atoms in total. The molecule has 1 aromatic heterocycles. The smallest absolute Gasteiger partial charge is 0.338 e. The molecule has 92 valence electrons. The summed E-state index contributed by atoms with van der Waals surface area (Å²) < 4.78 is 0. The van der Waals surface area contributed by atoms with Gasteiger partial charge in [-0.05, 0) is 30.5 Å². The minimum Gasteiger partial charge on any atom is -0.478 e. The van der Waals surface area contributed by atoms with Gasteiger partial charge < -0.3 is 10.4 Å². The normalized spacial score (nSPS) is 10.1. The summed E-state index contributed by atoms with van der Waals surface area (Å²) in [6.07, 6.45) is 0. The zero-order valence-electron chi connectivity index (χ0n) is 9.64. The van der Waals surface area contributed by atoms with Crippen LogP contribution in [-0.4, -0.2) is 17.0 Å². The van der Waals surface area contributed by atoms with Gasteiger partial charge in [-0.1, -0.05) is 17.7 Å². The van der Waals surface area contributed by atoms with Gasteiger partial charge in [-0.3, -0.25) is 4.79 Å². The van der Waals surface area contributed by atoms with Crippen molar-refractivity contribution in [2.24, 2.45) is 0 Å². The second-order valence-electron chi connectivity index (χ2n) is 3.79. The molecule has 2 aromatic rings. The van der Waals surface area contributed by atoms with Gasteiger partial charge in [-0.15, -0.1) is 11.3 Å². The molecule has 5 heteroatoms. The van der Waals surface area contributed by atoms with E-state index in [1.165, 1.54) is 17.4 Å². The standard InChI is InChI=1S/C13H11NO3S/c1-8-2-4-9(5-3-8)11(15)14-12-10(13(16)17)6-7-18-12/h2-7H,1H3,(H,14,15)(H,16,17). The number of anilines is 1. The van der Waals surface area contributed by atoms with Crippen LogP contribution in [0.4, 0.5) is 5.00 Å². The van der Waals surface area contributed by atoms with E-state index in [0.29, 0.717) is 10.6 Å². The fourth-order valence-corrected chi connectivity index (χ4v) is 2.23. The van der Waals surface area contributed by atoms with E-state index in [2.05, 4.69) is 5.32 Å². The first kappa shape index (κ1) is 12.3. The summed E-state index contributed by atoms with van der Waals surface area (Å²) in [6, 6.07) is 8.55. The second kappa shape index (κ2) is 5.01. The number of carbonyl (C=O) groups excluding carboxylic acids is 1. The highest BCUT2D eigenvalue weighted by atomic mass is 32.1. The molecule has 0 aliphatic carbocycles. The molecule has 0 unspecified atom stereocenters. The minimum atomic E-state index is -1.05. The number of carbonyl (C=O) groups is 2. The fourth-order valence-electron chi connectivity index (χ4n) is 1.45. The first-order chi connectivity index (χ1) is 8.58. The second-order valence-corrected chi connectivity index (χ2v) is 4.70. The zero-order valence-corrected chi connectivity index (χ0v) is 10.5. The van der Waals surface area contributed by atoms with E-state index >= 15 is 0 Å². The third kappa shape index (κ3) is 2.57. The molecule has 18 heavy (non-hydrogen) atoms. The Morgan fingerprint density at radius 1 is 1.17 bits per heavy atom. The molecule has 0 bridgehead atoms. The molecule has 0 saturated heterocycles. The molecule has 0 saturated carbocycles. The van der Waals surface area contributed by atoms with E-state index in [1.54, 1.807) is 17.5 Å². The van der Waals surface area contributed by atoms with Crippen LogP contribution in [-0.2, 0) is 0 Å². The molecule has 1 aromatic carbocycles. The fraction of sp³-hybridized carbons (Fsp3) is 0.0769. The predicted molar refractivity (Wildman–Crippen MR) is 70.4 cm³/mol. The van der Waals surface area contributed by atoms with Crippen LogP contribution < -0.4 is 5.32 Å². The number of hydrogen-bond acceptors (Lipinski definition) is 3. The maximum absolute atomic E-state index is 11.9. The Balaban J connectivity index is 2.19. The van der Waals surface area contributed by atoms with Crippen molar-refractivity contribution in [2.45, 2.75) is 6.92 Å². The Bertz CT molecular complexity index is 587. The molecular formula is C13H11NO3S. The van der Waals surface area contributed by atoms with E-state index < -0.39 is 5.97 Å². The number of aryl methyl sites for hydroxylation is 1. The van der Waals surface area contributed by atoms with Gasteiger partial charge in [0.15, 0.2) is 0 Å². The van der Waals surface area contributed by atoms with Gasteiger partial charge >= 0.3 is 5.97 Å². The van der Waals surface area contributed by atoms with Crippen molar-refractivity contribution in [3.05, 3.63) is 52.4 Å². The minimum absolute atomic E-state index is 0.112. The van der Waals surface area contributed by atoms with E-state index in [4.69, 9.17) is 5.11 Å².